The van der Waals surface area contributed by atoms with Crippen LogP contribution in [0.4, 0.5) is 10.1 Å². The van der Waals surface area contributed by atoms with Crippen molar-refractivity contribution >= 4 is 41.5 Å². The summed E-state index contributed by atoms with van der Waals surface area (Å²) >= 11 is 0. The molecule has 1 amide bonds. The van der Waals surface area contributed by atoms with Crippen molar-refractivity contribution in [3.63, 3.8) is 0 Å². The number of hydrogen-bond acceptors (Lipinski definition) is 2. The number of anilines is 1. The van der Waals surface area contributed by atoms with Crippen LogP contribution in [0, 0.1) is 5.82 Å². The zero-order valence-corrected chi connectivity index (χ0v) is 20.9. The minimum Gasteiger partial charge on any atom is -0.356 e. The summed E-state index contributed by atoms with van der Waals surface area (Å²) in [6.45, 7) is 3.36. The van der Waals surface area contributed by atoms with Crippen LogP contribution in [-0.2, 0) is 11.2 Å². The maximum absolute atomic E-state index is 13.4. The molecule has 0 bridgehead atoms. The number of carbonyl (C=O) groups is 1. The zero-order chi connectivity index (χ0) is 21.6. The van der Waals surface area contributed by atoms with E-state index in [-0.39, 0.29) is 29.8 Å². The first-order valence-electron chi connectivity index (χ1n) is 11.2. The molecule has 1 fully saturated rings. The molecular weight excluding hydrogens is 518 g/mol. The van der Waals surface area contributed by atoms with E-state index in [0.717, 1.165) is 63.4 Å². The lowest BCUT2D eigenvalue weighted by Crippen LogP contribution is -2.41. The number of benzene rings is 2. The molecule has 2 aromatic rings. The first kappa shape index (κ1) is 24.5. The van der Waals surface area contributed by atoms with E-state index < -0.39 is 0 Å². The van der Waals surface area contributed by atoms with Crippen molar-refractivity contribution in [2.75, 3.05) is 38.1 Å². The number of nitrogens with one attached hydrogen (secondary N) is 1. The third kappa shape index (κ3) is 5.79. The summed E-state index contributed by atoms with van der Waals surface area (Å²) in [5, 5.41) is 3.48. The number of likely N-dealkylation sites (tertiary alicyclic amines) is 1. The lowest BCUT2D eigenvalue weighted by atomic mass is 9.98. The van der Waals surface area contributed by atoms with Gasteiger partial charge in [-0.2, -0.15) is 0 Å². The highest BCUT2D eigenvalue weighted by atomic mass is 127. The van der Waals surface area contributed by atoms with E-state index in [1.807, 2.05) is 18.0 Å². The largest absolute Gasteiger partial charge is 0.356 e. The van der Waals surface area contributed by atoms with E-state index in [4.69, 9.17) is 0 Å². The number of carbonyl (C=O) groups excluding carboxylic acids is 1. The lowest BCUT2D eigenvalue weighted by molar-refractivity contribution is -0.127. The van der Waals surface area contributed by atoms with E-state index in [2.05, 4.69) is 39.5 Å². The number of nitrogens with zero attached hydrogens (tertiary/aromatic N) is 3. The first-order valence-corrected chi connectivity index (χ1v) is 11.2. The van der Waals surface area contributed by atoms with Gasteiger partial charge in [0, 0.05) is 51.3 Å². The van der Waals surface area contributed by atoms with E-state index in [1.54, 1.807) is 12.1 Å². The summed E-state index contributed by atoms with van der Waals surface area (Å²) in [7, 11) is 1.81. The van der Waals surface area contributed by atoms with Crippen LogP contribution in [0.1, 0.15) is 42.7 Å². The highest BCUT2D eigenvalue weighted by molar-refractivity contribution is 14.0. The van der Waals surface area contributed by atoms with Gasteiger partial charge in [-0.15, -0.1) is 24.0 Å². The molecule has 2 aromatic carbocycles. The molecule has 0 saturated carbocycles. The van der Waals surface area contributed by atoms with Crippen molar-refractivity contribution in [3.05, 3.63) is 65.5 Å². The molecule has 1 atom stereocenters. The molecule has 1 unspecified atom stereocenters. The van der Waals surface area contributed by atoms with Crippen molar-refractivity contribution in [3.8, 4) is 0 Å². The topological polar surface area (TPSA) is 47.9 Å². The number of fused-ring (bicyclic) bond motifs is 1. The Bertz CT molecular complexity index is 951. The Morgan fingerprint density at radius 2 is 2.06 bits per heavy atom. The molecule has 1 saturated heterocycles. The van der Waals surface area contributed by atoms with Crippen LogP contribution in [0.2, 0.25) is 0 Å². The van der Waals surface area contributed by atoms with E-state index in [1.165, 1.54) is 17.3 Å². The number of aliphatic imine (C=N–C) groups is 1. The number of guanidine groups is 1. The van der Waals surface area contributed by atoms with Gasteiger partial charge >= 0.3 is 0 Å². The summed E-state index contributed by atoms with van der Waals surface area (Å²) in [5.41, 5.74) is 3.54. The van der Waals surface area contributed by atoms with Crippen LogP contribution >= 0.6 is 24.0 Å². The van der Waals surface area contributed by atoms with Crippen molar-refractivity contribution in [1.82, 2.24) is 10.2 Å². The van der Waals surface area contributed by atoms with Crippen LogP contribution in [0.25, 0.3) is 0 Å². The fraction of sp³-hybridized carbons (Fsp3) is 0.440. The van der Waals surface area contributed by atoms with Crippen molar-refractivity contribution in [2.24, 2.45) is 4.99 Å². The van der Waals surface area contributed by atoms with Crippen LogP contribution in [0.5, 0.6) is 0 Å². The Balaban J connectivity index is 0.00000289. The normalized spacial score (nSPS) is 18.0. The summed E-state index contributed by atoms with van der Waals surface area (Å²) in [6.07, 6.45) is 4.37. The number of aryl methyl sites for hydroxylation is 1. The predicted molar refractivity (Wildman–Crippen MR) is 138 cm³/mol. The molecule has 2 heterocycles. The minimum absolute atomic E-state index is 0. The molecule has 1 N–H and O–H groups in total. The van der Waals surface area contributed by atoms with Gasteiger partial charge in [0.05, 0.1) is 0 Å². The molecule has 5 nitrogen and oxygen atoms in total. The number of halogens is 2. The fourth-order valence-electron chi connectivity index (χ4n) is 4.68. The van der Waals surface area contributed by atoms with Crippen LogP contribution in [0.15, 0.2) is 53.5 Å². The molecule has 0 aliphatic carbocycles. The second-order valence-electron chi connectivity index (χ2n) is 8.35. The Kier molecular flexibility index (Phi) is 8.90. The quantitative estimate of drug-likeness (QED) is 0.238. The van der Waals surface area contributed by atoms with Gasteiger partial charge in [0.1, 0.15) is 5.82 Å². The smallest absolute Gasteiger partial charge is 0.222 e. The summed E-state index contributed by atoms with van der Waals surface area (Å²) in [5.74, 6) is 1.36. The SMILES string of the molecule is CN=C(NCCCc1cccc(F)c1)N1CC(CCN2CCCC2=O)c2ccccc21.I. The van der Waals surface area contributed by atoms with Crippen molar-refractivity contribution < 1.29 is 9.18 Å². The highest BCUT2D eigenvalue weighted by Crippen LogP contribution is 2.38. The minimum atomic E-state index is -0.184. The first-order chi connectivity index (χ1) is 15.2. The van der Waals surface area contributed by atoms with Gasteiger partial charge in [-0.05, 0) is 55.0 Å². The monoisotopic (exact) mass is 550 g/mol. The summed E-state index contributed by atoms with van der Waals surface area (Å²) in [6, 6.07) is 15.3. The second kappa shape index (κ2) is 11.6. The van der Waals surface area contributed by atoms with Gasteiger partial charge < -0.3 is 15.1 Å². The maximum Gasteiger partial charge on any atom is 0.222 e. The summed E-state index contributed by atoms with van der Waals surface area (Å²) in [4.78, 5) is 20.8. The maximum atomic E-state index is 13.4. The Hall–Kier alpha value is -2.16. The molecule has 2 aliphatic heterocycles. The molecule has 0 aromatic heterocycles. The van der Waals surface area contributed by atoms with E-state index >= 15 is 0 Å². The van der Waals surface area contributed by atoms with Gasteiger partial charge in [-0.3, -0.25) is 9.79 Å². The molecule has 0 spiro atoms. The second-order valence-corrected chi connectivity index (χ2v) is 8.35. The van der Waals surface area contributed by atoms with Crippen LogP contribution in [0.3, 0.4) is 0 Å². The molecule has 2 aliphatic rings. The third-order valence-corrected chi connectivity index (χ3v) is 6.27. The van der Waals surface area contributed by atoms with Gasteiger partial charge in [0.15, 0.2) is 5.96 Å². The zero-order valence-electron chi connectivity index (χ0n) is 18.6. The number of hydrogen-bond donors (Lipinski definition) is 1. The number of amides is 1. The Morgan fingerprint density at radius 3 is 2.81 bits per heavy atom. The van der Waals surface area contributed by atoms with E-state index in [9.17, 15) is 9.18 Å². The Labute approximate surface area is 207 Å². The lowest BCUT2D eigenvalue weighted by Gasteiger charge is -2.23. The fourth-order valence-corrected chi connectivity index (χ4v) is 4.68. The standard InChI is InChI=1S/C25H31FN4O.HI/c1-27-25(28-14-5-8-19-7-4-9-21(26)17-19)30-18-20(22-10-2-3-11-23(22)30)13-16-29-15-6-12-24(29)31;/h2-4,7,9-11,17,20H,5-6,8,12-16,18H2,1H3,(H,27,28);1H. The molecule has 32 heavy (non-hydrogen) atoms. The van der Waals surface area contributed by atoms with Crippen LogP contribution in [-0.4, -0.2) is 50.0 Å². The Morgan fingerprint density at radius 1 is 1.22 bits per heavy atom. The van der Waals surface area contributed by atoms with Gasteiger partial charge in [0.2, 0.25) is 5.91 Å². The van der Waals surface area contributed by atoms with Crippen LogP contribution < -0.4 is 10.2 Å². The highest BCUT2D eigenvalue weighted by Gasteiger charge is 2.31. The van der Waals surface area contributed by atoms with Gasteiger partial charge in [-0.1, -0.05) is 30.3 Å². The molecular formula is C25H32FIN4O. The van der Waals surface area contributed by atoms with E-state index in [0.29, 0.717) is 18.2 Å². The third-order valence-electron chi connectivity index (χ3n) is 6.27. The molecule has 0 radical (unpaired) electrons. The average molecular weight is 550 g/mol. The number of para-hydroxylation sites is 1. The molecule has 7 heteroatoms. The van der Waals surface area contributed by atoms with Crippen molar-refractivity contribution in [1.29, 1.82) is 0 Å². The van der Waals surface area contributed by atoms with Gasteiger partial charge in [-0.25, -0.2) is 4.39 Å². The summed E-state index contributed by atoms with van der Waals surface area (Å²) < 4.78 is 13.4. The van der Waals surface area contributed by atoms with Gasteiger partial charge in [0.25, 0.3) is 0 Å². The average Bonchev–Trinajstić information content (AvgIpc) is 3.36. The predicted octanol–water partition coefficient (Wildman–Crippen LogP) is 4.57. The number of rotatable bonds is 7. The molecule has 172 valence electrons. The van der Waals surface area contributed by atoms with Crippen molar-refractivity contribution in [2.45, 2.75) is 38.0 Å². The molecule has 4 rings (SSSR count).